The number of carbonyl (C=O) groups is 1. The Labute approximate surface area is 195 Å². The summed E-state index contributed by atoms with van der Waals surface area (Å²) >= 11 is 0. The SMILES string of the molecule is CCCCCCCCOc1ccc(C(=O)c2ccc(OCCCCCCCC)cc2)cc1. The van der Waals surface area contributed by atoms with Gasteiger partial charge in [0, 0.05) is 11.1 Å². The van der Waals surface area contributed by atoms with Crippen molar-refractivity contribution < 1.29 is 14.3 Å². The van der Waals surface area contributed by atoms with Gasteiger partial charge in [0.1, 0.15) is 11.5 Å². The molecule has 0 atom stereocenters. The van der Waals surface area contributed by atoms with Gasteiger partial charge in [0.05, 0.1) is 13.2 Å². The molecule has 3 nitrogen and oxygen atoms in total. The largest absolute Gasteiger partial charge is 0.494 e. The number of hydrogen-bond acceptors (Lipinski definition) is 3. The average Bonchev–Trinajstić information content (AvgIpc) is 2.83. The molecule has 2 aromatic carbocycles. The zero-order chi connectivity index (χ0) is 22.9. The molecular formula is C29H42O3. The van der Waals surface area contributed by atoms with Crippen LogP contribution in [0.25, 0.3) is 0 Å². The van der Waals surface area contributed by atoms with Gasteiger partial charge in [-0.3, -0.25) is 4.79 Å². The summed E-state index contributed by atoms with van der Waals surface area (Å²) in [6.45, 7) is 5.94. The summed E-state index contributed by atoms with van der Waals surface area (Å²) in [6, 6.07) is 15.0. The number of hydrogen-bond donors (Lipinski definition) is 0. The van der Waals surface area contributed by atoms with E-state index in [2.05, 4.69) is 13.8 Å². The lowest BCUT2D eigenvalue weighted by atomic mass is 10.0. The van der Waals surface area contributed by atoms with Crippen molar-refractivity contribution >= 4 is 5.78 Å². The summed E-state index contributed by atoms with van der Waals surface area (Å²) in [5.74, 6) is 1.68. The van der Waals surface area contributed by atoms with E-state index in [9.17, 15) is 4.79 Å². The summed E-state index contributed by atoms with van der Waals surface area (Å²) in [6.07, 6.45) is 15.0. The summed E-state index contributed by atoms with van der Waals surface area (Å²) in [5.41, 5.74) is 1.36. The Morgan fingerprint density at radius 2 is 0.875 bits per heavy atom. The van der Waals surface area contributed by atoms with Gasteiger partial charge in [-0.05, 0) is 61.4 Å². The van der Waals surface area contributed by atoms with Gasteiger partial charge < -0.3 is 9.47 Å². The van der Waals surface area contributed by atoms with Crippen LogP contribution in [0.2, 0.25) is 0 Å². The van der Waals surface area contributed by atoms with Crippen molar-refractivity contribution in [1.82, 2.24) is 0 Å². The minimum absolute atomic E-state index is 0.0231. The Bertz CT molecular complexity index is 671. The third-order valence-electron chi connectivity index (χ3n) is 5.77. The second-order valence-corrected chi connectivity index (χ2v) is 8.61. The van der Waals surface area contributed by atoms with E-state index >= 15 is 0 Å². The minimum Gasteiger partial charge on any atom is -0.494 e. The Morgan fingerprint density at radius 1 is 0.531 bits per heavy atom. The predicted octanol–water partition coefficient (Wildman–Crippen LogP) is 8.40. The lowest BCUT2D eigenvalue weighted by molar-refractivity contribution is 0.103. The van der Waals surface area contributed by atoms with Crippen molar-refractivity contribution in [2.24, 2.45) is 0 Å². The topological polar surface area (TPSA) is 35.5 Å². The first-order chi connectivity index (χ1) is 15.7. The quantitative estimate of drug-likeness (QED) is 0.173. The highest BCUT2D eigenvalue weighted by Gasteiger charge is 2.09. The number of unbranched alkanes of at least 4 members (excludes halogenated alkanes) is 10. The molecule has 0 spiro atoms. The molecule has 0 saturated heterocycles. The minimum atomic E-state index is 0.0231. The summed E-state index contributed by atoms with van der Waals surface area (Å²) in [4.78, 5) is 12.8. The standard InChI is InChI=1S/C29H42O3/c1-3-5-7-9-11-13-23-31-27-19-15-25(16-20-27)29(30)26-17-21-28(22-18-26)32-24-14-12-10-8-6-4-2/h15-22H,3-14,23-24H2,1-2H3. The van der Waals surface area contributed by atoms with E-state index < -0.39 is 0 Å². The molecule has 176 valence electrons. The molecule has 0 saturated carbocycles. The third-order valence-corrected chi connectivity index (χ3v) is 5.77. The van der Waals surface area contributed by atoms with Gasteiger partial charge in [-0.25, -0.2) is 0 Å². The maximum atomic E-state index is 12.8. The van der Waals surface area contributed by atoms with E-state index in [0.717, 1.165) is 37.6 Å². The molecule has 0 N–H and O–H groups in total. The molecule has 3 heteroatoms. The molecule has 0 fully saturated rings. The fraction of sp³-hybridized carbons (Fsp3) is 0.552. The second-order valence-electron chi connectivity index (χ2n) is 8.61. The first-order valence-corrected chi connectivity index (χ1v) is 12.7. The maximum Gasteiger partial charge on any atom is 0.193 e. The second kappa shape index (κ2) is 16.4. The molecule has 0 radical (unpaired) electrons. The van der Waals surface area contributed by atoms with Crippen LogP contribution in [0.5, 0.6) is 11.5 Å². The lowest BCUT2D eigenvalue weighted by Crippen LogP contribution is -2.03. The van der Waals surface area contributed by atoms with Gasteiger partial charge in [-0.1, -0.05) is 78.1 Å². The van der Waals surface area contributed by atoms with Crippen molar-refractivity contribution in [1.29, 1.82) is 0 Å². The van der Waals surface area contributed by atoms with Gasteiger partial charge in [-0.2, -0.15) is 0 Å². The van der Waals surface area contributed by atoms with E-state index in [0.29, 0.717) is 11.1 Å². The van der Waals surface area contributed by atoms with Crippen molar-refractivity contribution in [3.8, 4) is 11.5 Å². The van der Waals surface area contributed by atoms with Crippen LogP contribution < -0.4 is 9.47 Å². The monoisotopic (exact) mass is 438 g/mol. The molecule has 0 heterocycles. The summed E-state index contributed by atoms with van der Waals surface area (Å²) in [7, 11) is 0. The Kier molecular flexibility index (Phi) is 13.3. The van der Waals surface area contributed by atoms with Crippen LogP contribution in [0.3, 0.4) is 0 Å². The molecule has 0 aliphatic heterocycles. The smallest absolute Gasteiger partial charge is 0.193 e. The molecule has 0 aliphatic carbocycles. The average molecular weight is 439 g/mol. The zero-order valence-electron chi connectivity index (χ0n) is 20.2. The van der Waals surface area contributed by atoms with Crippen molar-refractivity contribution in [2.75, 3.05) is 13.2 Å². The number of benzene rings is 2. The highest BCUT2D eigenvalue weighted by atomic mass is 16.5. The van der Waals surface area contributed by atoms with E-state index in [1.54, 1.807) is 0 Å². The Balaban J connectivity index is 1.69. The first-order valence-electron chi connectivity index (χ1n) is 12.7. The van der Waals surface area contributed by atoms with Crippen molar-refractivity contribution in [3.63, 3.8) is 0 Å². The highest BCUT2D eigenvalue weighted by Crippen LogP contribution is 2.19. The molecule has 0 unspecified atom stereocenters. The van der Waals surface area contributed by atoms with E-state index in [-0.39, 0.29) is 5.78 Å². The van der Waals surface area contributed by atoms with E-state index in [4.69, 9.17) is 9.47 Å². The number of ether oxygens (including phenoxy) is 2. The maximum absolute atomic E-state index is 12.8. The van der Waals surface area contributed by atoms with Crippen molar-refractivity contribution in [2.45, 2.75) is 90.9 Å². The normalized spacial score (nSPS) is 10.8. The highest BCUT2D eigenvalue weighted by molar-refractivity contribution is 6.09. The first kappa shape index (κ1) is 26.0. The Hall–Kier alpha value is -2.29. The molecule has 2 rings (SSSR count). The van der Waals surface area contributed by atoms with Crippen LogP contribution >= 0.6 is 0 Å². The van der Waals surface area contributed by atoms with Gasteiger partial charge in [0.25, 0.3) is 0 Å². The number of ketones is 1. The third kappa shape index (κ3) is 10.3. The van der Waals surface area contributed by atoms with Gasteiger partial charge >= 0.3 is 0 Å². The zero-order valence-corrected chi connectivity index (χ0v) is 20.2. The van der Waals surface area contributed by atoms with Gasteiger partial charge in [0.15, 0.2) is 5.78 Å². The van der Waals surface area contributed by atoms with E-state index in [1.807, 2.05) is 48.5 Å². The molecule has 2 aromatic rings. The van der Waals surface area contributed by atoms with Crippen LogP contribution in [-0.4, -0.2) is 19.0 Å². The van der Waals surface area contributed by atoms with Gasteiger partial charge in [-0.15, -0.1) is 0 Å². The lowest BCUT2D eigenvalue weighted by Gasteiger charge is -2.08. The van der Waals surface area contributed by atoms with Crippen LogP contribution in [0.4, 0.5) is 0 Å². The Morgan fingerprint density at radius 3 is 1.25 bits per heavy atom. The number of carbonyl (C=O) groups excluding carboxylic acids is 1. The van der Waals surface area contributed by atoms with Gasteiger partial charge in [0.2, 0.25) is 0 Å². The van der Waals surface area contributed by atoms with E-state index in [1.165, 1.54) is 64.2 Å². The van der Waals surface area contributed by atoms with Crippen molar-refractivity contribution in [3.05, 3.63) is 59.7 Å². The molecule has 0 aromatic heterocycles. The fourth-order valence-corrected chi connectivity index (χ4v) is 3.72. The van der Waals surface area contributed by atoms with Crippen LogP contribution in [0.1, 0.15) is 107 Å². The molecule has 0 bridgehead atoms. The van der Waals surface area contributed by atoms with Crippen LogP contribution in [-0.2, 0) is 0 Å². The molecule has 0 aliphatic rings. The predicted molar refractivity (Wildman–Crippen MR) is 134 cm³/mol. The molecular weight excluding hydrogens is 396 g/mol. The fourth-order valence-electron chi connectivity index (χ4n) is 3.72. The summed E-state index contributed by atoms with van der Waals surface area (Å²) in [5, 5.41) is 0. The van der Waals surface area contributed by atoms with Crippen LogP contribution in [0, 0.1) is 0 Å². The summed E-state index contributed by atoms with van der Waals surface area (Å²) < 4.78 is 11.6. The number of rotatable bonds is 18. The molecule has 32 heavy (non-hydrogen) atoms. The van der Waals surface area contributed by atoms with Crippen LogP contribution in [0.15, 0.2) is 48.5 Å². The molecule has 0 amide bonds.